The molecule has 8 nitrogen and oxygen atoms in total. The van der Waals surface area contributed by atoms with Crippen LogP contribution in [-0.2, 0) is 16.1 Å². The summed E-state index contributed by atoms with van der Waals surface area (Å²) in [6, 6.07) is 14.0. The second kappa shape index (κ2) is 9.75. The minimum absolute atomic E-state index is 0.268. The van der Waals surface area contributed by atoms with Crippen molar-refractivity contribution < 1.29 is 19.1 Å². The highest BCUT2D eigenvalue weighted by molar-refractivity contribution is 7.17. The molecule has 2 heterocycles. The van der Waals surface area contributed by atoms with E-state index >= 15 is 0 Å². The highest BCUT2D eigenvalue weighted by Gasteiger charge is 2.24. The summed E-state index contributed by atoms with van der Waals surface area (Å²) in [5, 5.41) is 5.32. The second-order valence-corrected chi connectivity index (χ2v) is 7.35. The topological polar surface area (TPSA) is 110 Å². The molecule has 1 unspecified atom stereocenters. The van der Waals surface area contributed by atoms with Gasteiger partial charge >= 0.3 is 12.0 Å². The average Bonchev–Trinajstić information content (AvgIpc) is 3.15. The number of thiazole rings is 1. The Morgan fingerprint density at radius 2 is 1.83 bits per heavy atom. The lowest BCUT2D eigenvalue weighted by molar-refractivity contribution is -0.127. The van der Waals surface area contributed by atoms with Gasteiger partial charge < -0.3 is 10.1 Å². The Morgan fingerprint density at radius 1 is 1.10 bits per heavy atom. The van der Waals surface area contributed by atoms with Crippen LogP contribution in [-0.4, -0.2) is 34.0 Å². The third kappa shape index (κ3) is 5.48. The zero-order valence-electron chi connectivity index (χ0n) is 16.4. The Kier molecular flexibility index (Phi) is 6.87. The standard InChI is InChI=1S/C21H20N4O4S/c1-13-17(30-19(24-13)16-10-6-7-11-22-16)20(27)29-14(2)18(26)25-21(28)23-12-15-8-4-3-5-9-15/h3-11,14H,12H2,1-2H3,(H2,23,25,26,28). The van der Waals surface area contributed by atoms with Crippen molar-refractivity contribution in [1.29, 1.82) is 0 Å². The third-order valence-corrected chi connectivity index (χ3v) is 5.21. The number of hydrogen-bond donors (Lipinski definition) is 2. The number of amides is 3. The third-order valence-electron chi connectivity index (χ3n) is 4.05. The summed E-state index contributed by atoms with van der Waals surface area (Å²) in [6.07, 6.45) is 0.485. The first-order chi connectivity index (χ1) is 14.4. The van der Waals surface area contributed by atoms with E-state index in [1.807, 2.05) is 36.4 Å². The van der Waals surface area contributed by atoms with Crippen LogP contribution in [0.3, 0.4) is 0 Å². The number of carbonyl (C=O) groups is 3. The molecular weight excluding hydrogens is 404 g/mol. The molecule has 9 heteroatoms. The first-order valence-electron chi connectivity index (χ1n) is 9.16. The van der Waals surface area contributed by atoms with Crippen LogP contribution in [0.1, 0.15) is 27.9 Å². The van der Waals surface area contributed by atoms with E-state index in [4.69, 9.17) is 4.74 Å². The van der Waals surface area contributed by atoms with E-state index in [2.05, 4.69) is 20.6 Å². The van der Waals surface area contributed by atoms with Crippen molar-refractivity contribution >= 4 is 29.2 Å². The molecule has 2 aromatic heterocycles. The number of aromatic nitrogens is 2. The molecule has 2 N–H and O–H groups in total. The number of imide groups is 1. The molecule has 3 aromatic rings. The summed E-state index contributed by atoms with van der Waals surface area (Å²) in [6.45, 7) is 3.35. The molecule has 0 aliphatic carbocycles. The number of rotatable bonds is 6. The Hall–Kier alpha value is -3.59. The predicted octanol–water partition coefficient (Wildman–Crippen LogP) is 3.08. The maximum Gasteiger partial charge on any atom is 0.351 e. The van der Waals surface area contributed by atoms with Crippen LogP contribution in [0.15, 0.2) is 54.7 Å². The van der Waals surface area contributed by atoms with E-state index in [9.17, 15) is 14.4 Å². The van der Waals surface area contributed by atoms with Crippen LogP contribution in [0, 0.1) is 6.92 Å². The van der Waals surface area contributed by atoms with Crippen molar-refractivity contribution in [2.75, 3.05) is 0 Å². The summed E-state index contributed by atoms with van der Waals surface area (Å²) < 4.78 is 5.21. The number of nitrogens with zero attached hydrogens (tertiary/aromatic N) is 2. The van der Waals surface area contributed by atoms with Gasteiger partial charge in [0.05, 0.1) is 11.4 Å². The van der Waals surface area contributed by atoms with Crippen LogP contribution in [0.2, 0.25) is 0 Å². The van der Waals surface area contributed by atoms with Gasteiger partial charge in [-0.2, -0.15) is 0 Å². The smallest absolute Gasteiger partial charge is 0.351 e. The van der Waals surface area contributed by atoms with Crippen molar-refractivity contribution in [2.24, 2.45) is 0 Å². The predicted molar refractivity (Wildman–Crippen MR) is 112 cm³/mol. The summed E-state index contributed by atoms with van der Waals surface area (Å²) in [4.78, 5) is 45.4. The molecule has 0 aliphatic heterocycles. The SMILES string of the molecule is Cc1nc(-c2ccccn2)sc1C(=O)OC(C)C(=O)NC(=O)NCc1ccccc1. The molecule has 3 amide bonds. The fraction of sp³-hybridized carbons (Fsp3) is 0.190. The normalized spacial score (nSPS) is 11.4. The number of hydrogen-bond acceptors (Lipinski definition) is 7. The van der Waals surface area contributed by atoms with Gasteiger partial charge in [0.25, 0.3) is 5.91 Å². The zero-order chi connectivity index (χ0) is 21.5. The highest BCUT2D eigenvalue weighted by Crippen LogP contribution is 2.27. The zero-order valence-corrected chi connectivity index (χ0v) is 17.2. The fourth-order valence-electron chi connectivity index (χ4n) is 2.49. The summed E-state index contributed by atoms with van der Waals surface area (Å²) in [5.41, 5.74) is 2.02. The molecular formula is C21H20N4O4S. The van der Waals surface area contributed by atoms with Gasteiger partial charge in [0.2, 0.25) is 0 Å². The molecule has 154 valence electrons. The Morgan fingerprint density at radius 3 is 2.53 bits per heavy atom. The number of carbonyl (C=O) groups excluding carboxylic acids is 3. The largest absolute Gasteiger partial charge is 0.448 e. The first-order valence-corrected chi connectivity index (χ1v) is 9.98. The van der Waals surface area contributed by atoms with Crippen molar-refractivity contribution in [3.63, 3.8) is 0 Å². The minimum atomic E-state index is -1.15. The highest BCUT2D eigenvalue weighted by atomic mass is 32.1. The summed E-state index contributed by atoms with van der Waals surface area (Å²) in [5.74, 6) is -1.40. The van der Waals surface area contributed by atoms with Crippen LogP contribution >= 0.6 is 11.3 Å². The maximum absolute atomic E-state index is 12.5. The van der Waals surface area contributed by atoms with Crippen LogP contribution < -0.4 is 10.6 Å². The molecule has 0 bridgehead atoms. The van der Waals surface area contributed by atoms with Gasteiger partial charge in [0.1, 0.15) is 9.88 Å². The van der Waals surface area contributed by atoms with E-state index < -0.39 is 24.0 Å². The first kappa shape index (κ1) is 21.1. The van der Waals surface area contributed by atoms with Crippen molar-refractivity contribution in [2.45, 2.75) is 26.5 Å². The summed E-state index contributed by atoms with van der Waals surface area (Å²) in [7, 11) is 0. The number of pyridine rings is 1. The van der Waals surface area contributed by atoms with Crippen LogP contribution in [0.25, 0.3) is 10.7 Å². The van der Waals surface area contributed by atoms with Gasteiger partial charge in [0.15, 0.2) is 6.10 Å². The van der Waals surface area contributed by atoms with E-state index in [1.165, 1.54) is 6.92 Å². The summed E-state index contributed by atoms with van der Waals surface area (Å²) >= 11 is 1.13. The molecule has 30 heavy (non-hydrogen) atoms. The van der Waals surface area contributed by atoms with Crippen molar-refractivity contribution in [3.05, 3.63) is 70.9 Å². The molecule has 0 spiro atoms. The van der Waals surface area contributed by atoms with Gasteiger partial charge in [-0.1, -0.05) is 36.4 Å². The van der Waals surface area contributed by atoms with Crippen LogP contribution in [0.4, 0.5) is 4.79 Å². The van der Waals surface area contributed by atoms with Crippen molar-refractivity contribution in [1.82, 2.24) is 20.6 Å². The number of ether oxygens (including phenoxy) is 1. The molecule has 1 atom stereocenters. The number of nitrogens with one attached hydrogen (secondary N) is 2. The molecule has 0 fully saturated rings. The molecule has 0 saturated heterocycles. The Balaban J connectivity index is 1.54. The maximum atomic E-state index is 12.5. The van der Waals surface area contributed by atoms with Crippen LogP contribution in [0.5, 0.6) is 0 Å². The lowest BCUT2D eigenvalue weighted by Gasteiger charge is -2.13. The monoisotopic (exact) mass is 424 g/mol. The van der Waals surface area contributed by atoms with Gasteiger partial charge in [0, 0.05) is 12.7 Å². The lowest BCUT2D eigenvalue weighted by Crippen LogP contribution is -2.44. The second-order valence-electron chi connectivity index (χ2n) is 6.35. The molecule has 3 rings (SSSR count). The van der Waals surface area contributed by atoms with E-state index in [0.717, 1.165) is 16.9 Å². The fourth-order valence-corrected chi connectivity index (χ4v) is 3.41. The Bertz CT molecular complexity index is 1040. The van der Waals surface area contributed by atoms with E-state index in [1.54, 1.807) is 25.3 Å². The number of esters is 1. The van der Waals surface area contributed by atoms with Gasteiger partial charge in [-0.15, -0.1) is 11.3 Å². The molecule has 0 saturated carbocycles. The van der Waals surface area contributed by atoms with Gasteiger partial charge in [-0.25, -0.2) is 14.6 Å². The Labute approximate surface area is 177 Å². The van der Waals surface area contributed by atoms with E-state index in [0.29, 0.717) is 16.4 Å². The molecule has 1 aromatic carbocycles. The number of aryl methyl sites for hydroxylation is 1. The minimum Gasteiger partial charge on any atom is -0.448 e. The number of urea groups is 1. The number of benzene rings is 1. The van der Waals surface area contributed by atoms with Crippen molar-refractivity contribution in [3.8, 4) is 10.7 Å². The van der Waals surface area contributed by atoms with Gasteiger partial charge in [-0.3, -0.25) is 15.1 Å². The lowest BCUT2D eigenvalue weighted by atomic mass is 10.2. The van der Waals surface area contributed by atoms with E-state index in [-0.39, 0.29) is 11.4 Å². The molecule has 0 aliphatic rings. The molecule has 0 radical (unpaired) electrons. The van der Waals surface area contributed by atoms with Gasteiger partial charge in [-0.05, 0) is 31.5 Å². The average molecular weight is 424 g/mol. The quantitative estimate of drug-likeness (QED) is 0.589.